The van der Waals surface area contributed by atoms with Gasteiger partial charge >= 0.3 is 0 Å². The zero-order valence-electron chi connectivity index (χ0n) is 15.9. The lowest BCUT2D eigenvalue weighted by Crippen LogP contribution is -2.35. The van der Waals surface area contributed by atoms with E-state index in [9.17, 15) is 4.79 Å². The molecular weight excluding hydrogens is 361 g/mol. The molecule has 2 aliphatic rings. The third-order valence-corrected chi connectivity index (χ3v) is 4.80. The molecule has 1 saturated heterocycles. The van der Waals surface area contributed by atoms with Gasteiger partial charge in [-0.15, -0.1) is 0 Å². The predicted octanol–water partition coefficient (Wildman–Crippen LogP) is 1.32. The summed E-state index contributed by atoms with van der Waals surface area (Å²) in [5.74, 6) is -0.780. The number of rotatable bonds is 3. The lowest BCUT2D eigenvalue weighted by molar-refractivity contribution is -0.118. The van der Waals surface area contributed by atoms with Gasteiger partial charge in [-0.2, -0.15) is 15.5 Å². The molecule has 6 radical (unpaired) electrons. The van der Waals surface area contributed by atoms with Crippen LogP contribution in [0.25, 0.3) is 16.6 Å². The van der Waals surface area contributed by atoms with Crippen molar-refractivity contribution >= 4 is 40.7 Å². The second-order valence-corrected chi connectivity index (χ2v) is 7.36. The molecule has 3 aromatic heterocycles. The number of fused-ring (bicyclic) bond motifs is 1. The van der Waals surface area contributed by atoms with Crippen LogP contribution in [0.4, 0.5) is 5.69 Å². The Morgan fingerprint density at radius 2 is 1.90 bits per heavy atom. The average Bonchev–Trinajstić information content (AvgIpc) is 3.22. The summed E-state index contributed by atoms with van der Waals surface area (Å²) in [6, 6.07) is 5.71. The number of nitrogens with zero attached hydrogens (tertiary/aromatic N) is 6. The summed E-state index contributed by atoms with van der Waals surface area (Å²) in [6.07, 6.45) is 11.7. The minimum Gasteiger partial charge on any atom is -0.309 e. The second-order valence-electron chi connectivity index (χ2n) is 7.36. The van der Waals surface area contributed by atoms with E-state index in [1.165, 1.54) is 23.9 Å². The minimum absolute atomic E-state index is 0.185. The number of aromatic nitrogens is 4. The van der Waals surface area contributed by atoms with E-state index in [2.05, 4.69) is 10.2 Å². The van der Waals surface area contributed by atoms with E-state index in [-0.39, 0.29) is 5.91 Å². The van der Waals surface area contributed by atoms with Crippen LogP contribution >= 0.6 is 0 Å². The van der Waals surface area contributed by atoms with Crippen molar-refractivity contribution in [1.29, 1.82) is 5.26 Å². The molecule has 3 aromatic rings. The van der Waals surface area contributed by atoms with Gasteiger partial charge in [-0.3, -0.25) is 9.48 Å². The van der Waals surface area contributed by atoms with Crippen molar-refractivity contribution in [2.75, 3.05) is 11.4 Å². The molecule has 1 saturated carbocycles. The summed E-state index contributed by atoms with van der Waals surface area (Å²) >= 11 is 0. The summed E-state index contributed by atoms with van der Waals surface area (Å²) in [5.41, 5.74) is 3.05. The molecule has 0 aromatic carbocycles. The van der Waals surface area contributed by atoms with Gasteiger partial charge in [0, 0.05) is 36.3 Å². The molecular formula is C19H17B3N6O. The second kappa shape index (κ2) is 7.47. The van der Waals surface area contributed by atoms with Crippen LogP contribution in [0.1, 0.15) is 25.7 Å². The molecule has 1 unspecified atom stereocenters. The number of carbonyl (C=O) groups is 1. The Kier molecular flexibility index (Phi) is 4.99. The highest BCUT2D eigenvalue weighted by Gasteiger charge is 2.33. The topological polar surface area (TPSA) is 79.2 Å². The van der Waals surface area contributed by atoms with E-state index in [4.69, 9.17) is 28.8 Å². The molecule has 4 heterocycles. The van der Waals surface area contributed by atoms with Gasteiger partial charge in [0.25, 0.3) is 0 Å². The van der Waals surface area contributed by atoms with E-state index in [0.29, 0.717) is 18.7 Å². The first-order valence-electron chi connectivity index (χ1n) is 9.49. The normalized spacial score (nSPS) is 18.4. The number of hydrogen-bond donors (Lipinski definition) is 0. The van der Waals surface area contributed by atoms with Crippen molar-refractivity contribution in [2.24, 2.45) is 5.92 Å². The SMILES string of the molecule is C1CC1.[B]C([B])([B])n1cc(-c2cc3c(N4CCC(C#N)C4=O)ccnn3c2)cn1. The van der Waals surface area contributed by atoms with Crippen molar-refractivity contribution in [2.45, 2.75) is 30.9 Å². The molecule has 10 heteroatoms. The van der Waals surface area contributed by atoms with Gasteiger partial charge in [-0.05, 0) is 23.8 Å². The van der Waals surface area contributed by atoms with Crippen LogP contribution in [0, 0.1) is 17.2 Å². The third kappa shape index (κ3) is 3.95. The first kappa shape index (κ1) is 19.4. The standard InChI is InChI=1S/C16H11B3N6O.C3H6/c17-16(18,19)25-9-12(7-22-25)11-5-14-13(1-3-21-24(14)8-11)23-4-2-10(6-20)15(23)26;1-2-3-1/h1,3,5,7-10H,2,4H2;1-3H2. The zero-order valence-corrected chi connectivity index (χ0v) is 15.9. The van der Waals surface area contributed by atoms with E-state index in [1.54, 1.807) is 34.1 Å². The molecule has 2 fully saturated rings. The van der Waals surface area contributed by atoms with Gasteiger partial charge < -0.3 is 4.90 Å². The Morgan fingerprint density at radius 1 is 1.14 bits per heavy atom. The molecule has 1 aliphatic heterocycles. The first-order valence-corrected chi connectivity index (χ1v) is 9.49. The van der Waals surface area contributed by atoms with Crippen LogP contribution < -0.4 is 4.90 Å². The van der Waals surface area contributed by atoms with Crippen LogP contribution in [0.2, 0.25) is 0 Å². The van der Waals surface area contributed by atoms with Gasteiger partial charge in [0.1, 0.15) is 5.92 Å². The fourth-order valence-corrected chi connectivity index (χ4v) is 3.11. The summed E-state index contributed by atoms with van der Waals surface area (Å²) in [7, 11) is 16.9. The largest absolute Gasteiger partial charge is 0.309 e. The molecule has 138 valence electrons. The highest BCUT2D eigenvalue weighted by molar-refractivity contribution is 6.56. The Balaban J connectivity index is 0.000000626. The lowest BCUT2D eigenvalue weighted by Gasteiger charge is -2.20. The summed E-state index contributed by atoms with van der Waals surface area (Å²) in [6.45, 7) is 0.505. The number of amides is 1. The van der Waals surface area contributed by atoms with E-state index in [1.807, 2.05) is 18.3 Å². The molecule has 1 amide bonds. The monoisotopic (exact) mass is 378 g/mol. The van der Waals surface area contributed by atoms with Gasteiger partial charge in [-0.1, -0.05) is 19.3 Å². The van der Waals surface area contributed by atoms with Crippen molar-refractivity contribution in [1.82, 2.24) is 19.4 Å². The quantitative estimate of drug-likeness (QED) is 0.645. The fraction of sp³-hybridized carbons (Fsp3) is 0.368. The van der Waals surface area contributed by atoms with Crippen LogP contribution in [-0.2, 0) is 10.0 Å². The Labute approximate surface area is 172 Å². The third-order valence-electron chi connectivity index (χ3n) is 4.80. The highest BCUT2D eigenvalue weighted by Crippen LogP contribution is 2.31. The highest BCUT2D eigenvalue weighted by atomic mass is 16.2. The Morgan fingerprint density at radius 3 is 2.48 bits per heavy atom. The maximum absolute atomic E-state index is 12.4. The van der Waals surface area contributed by atoms with Crippen LogP contribution in [0.5, 0.6) is 0 Å². The predicted molar refractivity (Wildman–Crippen MR) is 112 cm³/mol. The van der Waals surface area contributed by atoms with Gasteiger partial charge in [0.05, 0.1) is 47.0 Å². The molecule has 1 aliphatic carbocycles. The number of carbonyl (C=O) groups excluding carboxylic acids is 1. The molecule has 5 rings (SSSR count). The first-order chi connectivity index (χ1) is 13.9. The fourth-order valence-electron chi connectivity index (χ4n) is 3.11. The lowest BCUT2D eigenvalue weighted by atomic mass is 9.49. The zero-order chi connectivity index (χ0) is 20.6. The molecule has 0 N–H and O–H groups in total. The van der Waals surface area contributed by atoms with Crippen LogP contribution in [0.15, 0.2) is 36.9 Å². The summed E-state index contributed by atoms with van der Waals surface area (Å²) < 4.78 is 2.94. The average molecular weight is 378 g/mol. The smallest absolute Gasteiger partial charge is 0.244 e. The minimum atomic E-state index is -1.59. The number of anilines is 1. The van der Waals surface area contributed by atoms with Crippen LogP contribution in [0.3, 0.4) is 0 Å². The number of hydrogen-bond acceptors (Lipinski definition) is 4. The van der Waals surface area contributed by atoms with Gasteiger partial charge in [0.15, 0.2) is 0 Å². The van der Waals surface area contributed by atoms with Crippen molar-refractivity contribution in [3.05, 3.63) is 36.9 Å². The van der Waals surface area contributed by atoms with E-state index < -0.39 is 11.2 Å². The summed E-state index contributed by atoms with van der Waals surface area (Å²) in [5, 5.41) is 15.9. The van der Waals surface area contributed by atoms with Crippen molar-refractivity contribution < 1.29 is 4.79 Å². The Hall–Kier alpha value is -2.95. The van der Waals surface area contributed by atoms with E-state index >= 15 is 0 Å². The maximum atomic E-state index is 12.4. The van der Waals surface area contributed by atoms with Gasteiger partial charge in [0.2, 0.25) is 5.91 Å². The van der Waals surface area contributed by atoms with Crippen molar-refractivity contribution in [3.63, 3.8) is 0 Å². The van der Waals surface area contributed by atoms with E-state index in [0.717, 1.165) is 16.6 Å². The molecule has 7 nitrogen and oxygen atoms in total. The molecule has 0 spiro atoms. The maximum Gasteiger partial charge on any atom is 0.244 e. The van der Waals surface area contributed by atoms with Crippen LogP contribution in [-0.4, -0.2) is 55.4 Å². The summed E-state index contributed by atoms with van der Waals surface area (Å²) in [4.78, 5) is 14.0. The van der Waals surface area contributed by atoms with Crippen molar-refractivity contribution in [3.8, 4) is 17.2 Å². The number of nitriles is 1. The molecule has 0 bridgehead atoms. The molecule has 29 heavy (non-hydrogen) atoms. The van der Waals surface area contributed by atoms with Gasteiger partial charge in [-0.25, -0.2) is 4.52 Å². The Bertz CT molecular complexity index is 1090. The molecule has 1 atom stereocenters.